The number of carbonyl (C=O) groups is 2. The van der Waals surface area contributed by atoms with Crippen molar-refractivity contribution in [1.82, 2.24) is 5.32 Å². The summed E-state index contributed by atoms with van der Waals surface area (Å²) in [6, 6.07) is -1.45. The number of hydrogen-bond acceptors (Lipinski definition) is 8. The van der Waals surface area contributed by atoms with Gasteiger partial charge < -0.3 is 40.0 Å². The van der Waals surface area contributed by atoms with Gasteiger partial charge in [-0.1, -0.05) is 12.7 Å². The number of amides is 1. The van der Waals surface area contributed by atoms with Crippen molar-refractivity contribution < 1.29 is 44.2 Å². The zero-order chi connectivity index (χ0) is 16.7. The molecule has 0 aliphatic carbocycles. The standard InChI is InChI=1S/C12H19NO9/c1-2-3-20-12(19)13-6(10(17)18)4-21-11-9(16)8(15)7(14)5-22-11/h2,6-9,11,14-16H,1,3-5H2,(H,13,19)(H,17,18)/t6-,7-,8-,9+,11+/m0/s1. The van der Waals surface area contributed by atoms with Crippen LogP contribution in [0.5, 0.6) is 0 Å². The lowest BCUT2D eigenvalue weighted by atomic mass is 10.1. The maximum atomic E-state index is 11.3. The van der Waals surface area contributed by atoms with E-state index in [4.69, 9.17) is 14.6 Å². The van der Waals surface area contributed by atoms with Crippen LogP contribution < -0.4 is 5.32 Å². The predicted molar refractivity (Wildman–Crippen MR) is 69.8 cm³/mol. The number of carbonyl (C=O) groups excluding carboxylic acids is 1. The van der Waals surface area contributed by atoms with Crippen LogP contribution in [-0.2, 0) is 19.0 Å². The lowest BCUT2D eigenvalue weighted by Crippen LogP contribution is -2.55. The fraction of sp³-hybridized carbons (Fsp3) is 0.667. The second-order valence-corrected chi connectivity index (χ2v) is 4.51. The molecule has 22 heavy (non-hydrogen) atoms. The van der Waals surface area contributed by atoms with Crippen LogP contribution >= 0.6 is 0 Å². The number of hydrogen-bond donors (Lipinski definition) is 5. The second kappa shape index (κ2) is 8.66. The average Bonchev–Trinajstić information content (AvgIpc) is 2.48. The van der Waals surface area contributed by atoms with E-state index in [0.717, 1.165) is 0 Å². The minimum Gasteiger partial charge on any atom is -0.480 e. The molecule has 1 aliphatic heterocycles. The lowest BCUT2D eigenvalue weighted by Gasteiger charge is -2.35. The Labute approximate surface area is 125 Å². The summed E-state index contributed by atoms with van der Waals surface area (Å²) in [6.45, 7) is 2.42. The van der Waals surface area contributed by atoms with Crippen LogP contribution in [0.4, 0.5) is 4.79 Å². The molecule has 1 fully saturated rings. The normalized spacial score (nSPS) is 29.4. The van der Waals surface area contributed by atoms with Crippen molar-refractivity contribution in [3.63, 3.8) is 0 Å². The molecule has 0 aromatic rings. The third-order valence-electron chi connectivity index (χ3n) is 2.80. The molecule has 0 radical (unpaired) electrons. The zero-order valence-electron chi connectivity index (χ0n) is 11.6. The van der Waals surface area contributed by atoms with E-state index in [1.807, 2.05) is 5.32 Å². The van der Waals surface area contributed by atoms with Crippen molar-refractivity contribution in [2.24, 2.45) is 0 Å². The van der Waals surface area contributed by atoms with Gasteiger partial charge in [0.05, 0.1) is 13.2 Å². The van der Waals surface area contributed by atoms with Gasteiger partial charge in [-0.3, -0.25) is 0 Å². The van der Waals surface area contributed by atoms with E-state index in [-0.39, 0.29) is 13.2 Å². The van der Waals surface area contributed by atoms with E-state index in [2.05, 4.69) is 11.3 Å². The third-order valence-corrected chi connectivity index (χ3v) is 2.80. The van der Waals surface area contributed by atoms with E-state index in [0.29, 0.717) is 0 Å². The van der Waals surface area contributed by atoms with Gasteiger partial charge in [0.2, 0.25) is 0 Å². The summed E-state index contributed by atoms with van der Waals surface area (Å²) < 4.78 is 14.5. The second-order valence-electron chi connectivity index (χ2n) is 4.51. The number of aliphatic hydroxyl groups is 3. The Kier molecular flexibility index (Phi) is 7.21. The summed E-state index contributed by atoms with van der Waals surface area (Å²) in [7, 11) is 0. The summed E-state index contributed by atoms with van der Waals surface area (Å²) in [6.07, 6.45) is -5.29. The molecule has 1 saturated heterocycles. The molecule has 10 nitrogen and oxygen atoms in total. The van der Waals surface area contributed by atoms with Gasteiger partial charge in [-0.15, -0.1) is 0 Å². The number of ether oxygens (including phenoxy) is 3. The number of nitrogens with one attached hydrogen (secondary N) is 1. The highest BCUT2D eigenvalue weighted by Gasteiger charge is 2.38. The van der Waals surface area contributed by atoms with Gasteiger partial charge >= 0.3 is 12.1 Å². The fourth-order valence-corrected chi connectivity index (χ4v) is 1.61. The Hall–Kier alpha value is -1.72. The molecule has 1 heterocycles. The van der Waals surface area contributed by atoms with Gasteiger partial charge in [0.1, 0.15) is 24.9 Å². The Morgan fingerprint density at radius 3 is 2.64 bits per heavy atom. The first-order valence-corrected chi connectivity index (χ1v) is 6.41. The molecular weight excluding hydrogens is 302 g/mol. The van der Waals surface area contributed by atoms with Crippen LogP contribution in [0.15, 0.2) is 12.7 Å². The molecule has 5 atom stereocenters. The Balaban J connectivity index is 2.49. The quantitative estimate of drug-likeness (QED) is 0.329. The third kappa shape index (κ3) is 5.24. The molecule has 1 aliphatic rings. The van der Waals surface area contributed by atoms with Gasteiger partial charge in [0, 0.05) is 0 Å². The van der Waals surface area contributed by atoms with Crippen molar-refractivity contribution in [2.45, 2.75) is 30.6 Å². The summed E-state index contributed by atoms with van der Waals surface area (Å²) in [5, 5.41) is 39.4. The van der Waals surface area contributed by atoms with E-state index in [1.165, 1.54) is 6.08 Å². The Bertz CT molecular complexity index is 402. The molecule has 1 rings (SSSR count). The largest absolute Gasteiger partial charge is 0.480 e. The summed E-state index contributed by atoms with van der Waals surface area (Å²) >= 11 is 0. The maximum Gasteiger partial charge on any atom is 0.408 e. The SMILES string of the molecule is C=CCOC(=O)N[C@@H](CO[C@@H]1OC[C@H](O)[C@H](O)[C@H]1O)C(=O)O. The first-order chi connectivity index (χ1) is 10.4. The minimum absolute atomic E-state index is 0.0897. The molecule has 1 amide bonds. The van der Waals surface area contributed by atoms with Crippen molar-refractivity contribution in [1.29, 1.82) is 0 Å². The highest BCUT2D eigenvalue weighted by molar-refractivity contribution is 5.80. The van der Waals surface area contributed by atoms with Crippen LogP contribution in [-0.4, -0.2) is 83.0 Å². The predicted octanol–water partition coefficient (Wildman–Crippen LogP) is -2.19. The smallest absolute Gasteiger partial charge is 0.408 e. The molecule has 0 aromatic carbocycles. The number of rotatable bonds is 7. The van der Waals surface area contributed by atoms with Crippen molar-refractivity contribution >= 4 is 12.1 Å². The highest BCUT2D eigenvalue weighted by Crippen LogP contribution is 2.16. The lowest BCUT2D eigenvalue weighted by molar-refractivity contribution is -0.271. The van der Waals surface area contributed by atoms with Crippen molar-refractivity contribution in [3.8, 4) is 0 Å². The first kappa shape index (κ1) is 18.3. The molecule has 0 unspecified atom stereocenters. The minimum atomic E-state index is -1.55. The van der Waals surface area contributed by atoms with Gasteiger partial charge in [-0.05, 0) is 0 Å². The van der Waals surface area contributed by atoms with Crippen molar-refractivity contribution in [3.05, 3.63) is 12.7 Å². The van der Waals surface area contributed by atoms with Crippen LogP contribution in [0.3, 0.4) is 0 Å². The molecule has 0 bridgehead atoms. The van der Waals surface area contributed by atoms with Gasteiger partial charge in [0.25, 0.3) is 0 Å². The molecular formula is C12H19NO9. The van der Waals surface area contributed by atoms with E-state index in [9.17, 15) is 24.9 Å². The topological polar surface area (TPSA) is 155 Å². The van der Waals surface area contributed by atoms with Crippen molar-refractivity contribution in [2.75, 3.05) is 19.8 Å². The number of aliphatic hydroxyl groups excluding tert-OH is 3. The van der Waals surface area contributed by atoms with Crippen LogP contribution in [0.25, 0.3) is 0 Å². The molecule has 5 N–H and O–H groups in total. The summed E-state index contributed by atoms with van der Waals surface area (Å²) in [5.41, 5.74) is 0. The Morgan fingerprint density at radius 2 is 2.05 bits per heavy atom. The zero-order valence-corrected chi connectivity index (χ0v) is 11.6. The van der Waals surface area contributed by atoms with Gasteiger partial charge in [-0.25, -0.2) is 9.59 Å². The average molecular weight is 321 g/mol. The maximum absolute atomic E-state index is 11.3. The monoisotopic (exact) mass is 321 g/mol. The van der Waals surface area contributed by atoms with Gasteiger partial charge in [-0.2, -0.15) is 0 Å². The first-order valence-electron chi connectivity index (χ1n) is 6.41. The van der Waals surface area contributed by atoms with E-state index < -0.39 is 49.3 Å². The van der Waals surface area contributed by atoms with E-state index in [1.54, 1.807) is 0 Å². The Morgan fingerprint density at radius 1 is 1.36 bits per heavy atom. The molecule has 10 heteroatoms. The fourth-order valence-electron chi connectivity index (χ4n) is 1.61. The van der Waals surface area contributed by atoms with Crippen LogP contribution in [0.2, 0.25) is 0 Å². The molecule has 126 valence electrons. The van der Waals surface area contributed by atoms with Gasteiger partial charge in [0.15, 0.2) is 12.3 Å². The highest BCUT2D eigenvalue weighted by atomic mass is 16.7. The number of carboxylic acid groups (broad SMARTS) is 1. The van der Waals surface area contributed by atoms with Crippen LogP contribution in [0.1, 0.15) is 0 Å². The molecule has 0 saturated carbocycles. The van der Waals surface area contributed by atoms with Crippen LogP contribution in [0, 0.1) is 0 Å². The summed E-state index contributed by atoms with van der Waals surface area (Å²) in [5.74, 6) is -1.39. The summed E-state index contributed by atoms with van der Waals surface area (Å²) in [4.78, 5) is 22.3. The molecule has 0 spiro atoms. The van der Waals surface area contributed by atoms with E-state index >= 15 is 0 Å². The number of carboxylic acids is 1. The number of aliphatic carboxylic acids is 1. The number of alkyl carbamates (subject to hydrolysis) is 1. The molecule has 0 aromatic heterocycles.